The fourth-order valence-electron chi connectivity index (χ4n) is 1.86. The van der Waals surface area contributed by atoms with Crippen LogP contribution in [-0.2, 0) is 23.0 Å². The van der Waals surface area contributed by atoms with Crippen molar-refractivity contribution >= 4 is 21.6 Å². The van der Waals surface area contributed by atoms with E-state index in [1.165, 1.54) is 11.4 Å². The Balaban J connectivity index is 2.16. The molecule has 0 fully saturated rings. The molecule has 0 spiro atoms. The van der Waals surface area contributed by atoms with Crippen molar-refractivity contribution in [3.8, 4) is 0 Å². The SMILES string of the molecule is Cc1nc(CN(C)S(=O)(=O)c2ccc(CCCl)cc2)n[nH]1. The second kappa shape index (κ2) is 6.55. The van der Waals surface area contributed by atoms with Gasteiger partial charge in [-0.05, 0) is 31.0 Å². The van der Waals surface area contributed by atoms with E-state index in [0.717, 1.165) is 5.56 Å². The number of rotatable bonds is 6. The Bertz CT molecular complexity index is 697. The van der Waals surface area contributed by atoms with Gasteiger partial charge in [0, 0.05) is 12.9 Å². The van der Waals surface area contributed by atoms with Crippen LogP contribution in [0.4, 0.5) is 0 Å². The van der Waals surface area contributed by atoms with E-state index in [1.807, 2.05) is 0 Å². The highest BCUT2D eigenvalue weighted by Crippen LogP contribution is 2.17. The monoisotopic (exact) mass is 328 g/mol. The zero-order chi connectivity index (χ0) is 15.5. The molecule has 2 rings (SSSR count). The van der Waals surface area contributed by atoms with Crippen LogP contribution in [-0.4, -0.2) is 40.8 Å². The maximum Gasteiger partial charge on any atom is 0.243 e. The van der Waals surface area contributed by atoms with Crippen LogP contribution in [0.5, 0.6) is 0 Å². The Kier molecular flexibility index (Phi) is 4.97. The third-order valence-corrected chi connectivity index (χ3v) is 5.03. The van der Waals surface area contributed by atoms with Crippen molar-refractivity contribution in [3.63, 3.8) is 0 Å². The van der Waals surface area contributed by atoms with E-state index in [1.54, 1.807) is 31.2 Å². The summed E-state index contributed by atoms with van der Waals surface area (Å²) in [5.41, 5.74) is 1.01. The number of halogens is 1. The zero-order valence-corrected chi connectivity index (χ0v) is 13.4. The minimum Gasteiger partial charge on any atom is -0.263 e. The Labute approximate surface area is 129 Å². The summed E-state index contributed by atoms with van der Waals surface area (Å²) in [6, 6.07) is 6.74. The van der Waals surface area contributed by atoms with Gasteiger partial charge in [-0.15, -0.1) is 11.6 Å². The van der Waals surface area contributed by atoms with E-state index >= 15 is 0 Å². The number of alkyl halides is 1. The molecule has 0 bridgehead atoms. The first-order valence-electron chi connectivity index (χ1n) is 6.42. The number of aromatic amines is 1. The van der Waals surface area contributed by atoms with Crippen molar-refractivity contribution < 1.29 is 8.42 Å². The predicted molar refractivity (Wildman–Crippen MR) is 80.6 cm³/mol. The van der Waals surface area contributed by atoms with Crippen LogP contribution in [0.25, 0.3) is 0 Å². The number of H-pyrrole nitrogens is 1. The highest BCUT2D eigenvalue weighted by atomic mass is 35.5. The molecule has 0 saturated heterocycles. The molecular formula is C13H17ClN4O2S. The topological polar surface area (TPSA) is 79.0 Å². The number of aromatic nitrogens is 3. The van der Waals surface area contributed by atoms with Crippen LogP contribution in [0.1, 0.15) is 17.2 Å². The Morgan fingerprint density at radius 1 is 1.29 bits per heavy atom. The van der Waals surface area contributed by atoms with Crippen molar-refractivity contribution in [1.82, 2.24) is 19.5 Å². The third kappa shape index (κ3) is 3.81. The third-order valence-electron chi connectivity index (χ3n) is 3.02. The molecule has 0 unspecified atom stereocenters. The minimum atomic E-state index is -3.55. The normalized spacial score (nSPS) is 12.0. The standard InChI is InChI=1S/C13H17ClN4O2S/c1-10-15-13(17-16-10)9-18(2)21(19,20)12-5-3-11(4-6-12)7-8-14/h3-6H,7-9H2,1-2H3,(H,15,16,17). The summed E-state index contributed by atoms with van der Waals surface area (Å²) in [5, 5.41) is 6.64. The number of benzene rings is 1. The fourth-order valence-corrected chi connectivity index (χ4v) is 3.20. The summed E-state index contributed by atoms with van der Waals surface area (Å²) >= 11 is 5.67. The lowest BCUT2D eigenvalue weighted by molar-refractivity contribution is 0.457. The number of nitrogens with zero attached hydrogens (tertiary/aromatic N) is 3. The molecule has 1 N–H and O–H groups in total. The molecular weight excluding hydrogens is 312 g/mol. The van der Waals surface area contributed by atoms with E-state index in [4.69, 9.17) is 11.6 Å². The van der Waals surface area contributed by atoms with Crippen LogP contribution >= 0.6 is 11.6 Å². The van der Waals surface area contributed by atoms with Crippen molar-refractivity contribution in [1.29, 1.82) is 0 Å². The largest absolute Gasteiger partial charge is 0.263 e. The van der Waals surface area contributed by atoms with Gasteiger partial charge in [-0.2, -0.15) is 9.40 Å². The lowest BCUT2D eigenvalue weighted by atomic mass is 10.2. The quantitative estimate of drug-likeness (QED) is 0.819. The summed E-state index contributed by atoms with van der Waals surface area (Å²) in [7, 11) is -2.05. The zero-order valence-electron chi connectivity index (χ0n) is 11.9. The van der Waals surface area contributed by atoms with E-state index in [2.05, 4.69) is 15.2 Å². The molecule has 1 aromatic heterocycles. The van der Waals surface area contributed by atoms with Gasteiger partial charge in [-0.25, -0.2) is 13.4 Å². The number of aryl methyl sites for hydroxylation is 2. The average Bonchev–Trinajstić information content (AvgIpc) is 2.85. The van der Waals surface area contributed by atoms with Crippen molar-refractivity contribution in [2.24, 2.45) is 0 Å². The highest BCUT2D eigenvalue weighted by molar-refractivity contribution is 7.89. The van der Waals surface area contributed by atoms with Gasteiger partial charge in [0.15, 0.2) is 5.82 Å². The minimum absolute atomic E-state index is 0.121. The molecule has 2 aromatic rings. The van der Waals surface area contributed by atoms with E-state index in [0.29, 0.717) is 23.9 Å². The Morgan fingerprint density at radius 3 is 2.48 bits per heavy atom. The molecule has 8 heteroatoms. The molecule has 0 atom stereocenters. The lowest BCUT2D eigenvalue weighted by Crippen LogP contribution is -2.27. The summed E-state index contributed by atoms with van der Waals surface area (Å²) in [5.74, 6) is 1.61. The van der Waals surface area contributed by atoms with Crippen LogP contribution in [0.15, 0.2) is 29.2 Å². The van der Waals surface area contributed by atoms with Gasteiger partial charge in [-0.1, -0.05) is 12.1 Å². The van der Waals surface area contributed by atoms with Gasteiger partial charge in [0.25, 0.3) is 0 Å². The maximum atomic E-state index is 12.4. The first-order chi connectivity index (χ1) is 9.93. The second-order valence-electron chi connectivity index (χ2n) is 4.68. The maximum absolute atomic E-state index is 12.4. The molecule has 0 radical (unpaired) electrons. The fraction of sp³-hybridized carbons (Fsp3) is 0.385. The van der Waals surface area contributed by atoms with Crippen molar-refractivity contribution in [3.05, 3.63) is 41.5 Å². The van der Waals surface area contributed by atoms with E-state index in [-0.39, 0.29) is 11.4 Å². The molecule has 1 aromatic carbocycles. The first kappa shape index (κ1) is 15.9. The molecule has 0 aliphatic rings. The molecule has 0 saturated carbocycles. The summed E-state index contributed by atoms with van der Waals surface area (Å²) in [6.07, 6.45) is 0.716. The summed E-state index contributed by atoms with van der Waals surface area (Å²) in [4.78, 5) is 4.35. The molecule has 0 aliphatic heterocycles. The number of hydrogen-bond acceptors (Lipinski definition) is 4. The number of sulfonamides is 1. The second-order valence-corrected chi connectivity index (χ2v) is 7.10. The van der Waals surface area contributed by atoms with E-state index < -0.39 is 10.0 Å². The van der Waals surface area contributed by atoms with Crippen molar-refractivity contribution in [2.75, 3.05) is 12.9 Å². The number of nitrogens with one attached hydrogen (secondary N) is 1. The lowest BCUT2D eigenvalue weighted by Gasteiger charge is -2.15. The van der Waals surface area contributed by atoms with Gasteiger partial charge in [0.1, 0.15) is 5.82 Å². The molecule has 1 heterocycles. The Hall–Kier alpha value is -1.44. The van der Waals surface area contributed by atoms with Gasteiger partial charge < -0.3 is 0 Å². The summed E-state index contributed by atoms with van der Waals surface area (Å²) < 4.78 is 26.1. The van der Waals surface area contributed by atoms with Gasteiger partial charge in [0.2, 0.25) is 10.0 Å². The van der Waals surface area contributed by atoms with Crippen LogP contribution < -0.4 is 0 Å². The average molecular weight is 329 g/mol. The molecule has 114 valence electrons. The van der Waals surface area contributed by atoms with Crippen molar-refractivity contribution in [2.45, 2.75) is 24.8 Å². The predicted octanol–water partition coefficient (Wildman–Crippen LogP) is 1.72. The Morgan fingerprint density at radius 2 is 1.95 bits per heavy atom. The molecule has 0 amide bonds. The first-order valence-corrected chi connectivity index (χ1v) is 8.40. The van der Waals surface area contributed by atoms with Crippen LogP contribution in [0.2, 0.25) is 0 Å². The van der Waals surface area contributed by atoms with Gasteiger partial charge in [0.05, 0.1) is 11.4 Å². The number of hydrogen-bond donors (Lipinski definition) is 1. The van der Waals surface area contributed by atoms with Crippen LogP contribution in [0, 0.1) is 6.92 Å². The van der Waals surface area contributed by atoms with Crippen LogP contribution in [0.3, 0.4) is 0 Å². The smallest absolute Gasteiger partial charge is 0.243 e. The summed E-state index contributed by atoms with van der Waals surface area (Å²) in [6.45, 7) is 1.89. The molecule has 21 heavy (non-hydrogen) atoms. The van der Waals surface area contributed by atoms with E-state index in [9.17, 15) is 8.42 Å². The van der Waals surface area contributed by atoms with Gasteiger partial charge in [-0.3, -0.25) is 5.10 Å². The molecule has 6 nitrogen and oxygen atoms in total. The van der Waals surface area contributed by atoms with Gasteiger partial charge >= 0.3 is 0 Å². The highest BCUT2D eigenvalue weighted by Gasteiger charge is 2.22. The molecule has 0 aliphatic carbocycles.